The van der Waals surface area contributed by atoms with Gasteiger partial charge in [0, 0.05) is 26.7 Å². The predicted octanol–water partition coefficient (Wildman–Crippen LogP) is 1.15. The monoisotopic (exact) mass is 267 g/mol. The van der Waals surface area contributed by atoms with Crippen molar-refractivity contribution in [3.63, 3.8) is 0 Å². The second-order valence-corrected chi connectivity index (χ2v) is 5.31. The first-order valence-electron chi connectivity index (χ1n) is 7.01. The Balaban J connectivity index is 2.32. The molecule has 1 amide bonds. The van der Waals surface area contributed by atoms with Gasteiger partial charge in [-0.2, -0.15) is 5.26 Å². The summed E-state index contributed by atoms with van der Waals surface area (Å²) in [7, 11) is 3.67. The van der Waals surface area contributed by atoms with Gasteiger partial charge in [-0.3, -0.25) is 4.79 Å². The van der Waals surface area contributed by atoms with Gasteiger partial charge in [-0.05, 0) is 19.9 Å². The highest BCUT2D eigenvalue weighted by molar-refractivity contribution is 5.85. The molecule has 0 bridgehead atoms. The van der Waals surface area contributed by atoms with Crippen LogP contribution in [-0.2, 0) is 9.53 Å². The van der Waals surface area contributed by atoms with Crippen LogP contribution < -0.4 is 5.32 Å². The number of methoxy groups -OCH3 is 1. The molecule has 5 heteroatoms. The molecule has 0 aromatic heterocycles. The first-order valence-corrected chi connectivity index (χ1v) is 7.01. The number of amides is 1. The van der Waals surface area contributed by atoms with E-state index in [0.717, 1.165) is 32.4 Å². The van der Waals surface area contributed by atoms with Crippen molar-refractivity contribution in [2.45, 2.75) is 32.1 Å². The number of likely N-dealkylation sites (N-methyl/N-ethyl adjacent to an activating group) is 1. The Kier molecular flexibility index (Phi) is 6.82. The maximum absolute atomic E-state index is 12.2. The van der Waals surface area contributed by atoms with E-state index in [0.29, 0.717) is 26.0 Å². The van der Waals surface area contributed by atoms with Crippen molar-refractivity contribution < 1.29 is 9.53 Å². The summed E-state index contributed by atoms with van der Waals surface area (Å²) in [5.74, 6) is -0.0881. The fourth-order valence-corrected chi connectivity index (χ4v) is 2.43. The van der Waals surface area contributed by atoms with Gasteiger partial charge in [0.05, 0.1) is 12.7 Å². The molecule has 0 aromatic carbocycles. The summed E-state index contributed by atoms with van der Waals surface area (Å²) in [6, 6.07) is 2.24. The topological polar surface area (TPSA) is 65.4 Å². The molecular formula is C14H25N3O2. The quantitative estimate of drug-likeness (QED) is 0.751. The lowest BCUT2D eigenvalue weighted by Gasteiger charge is -2.29. The first-order chi connectivity index (χ1) is 9.14. The highest BCUT2D eigenvalue weighted by atomic mass is 16.5. The number of nitrogens with one attached hydrogen (secondary N) is 1. The van der Waals surface area contributed by atoms with Crippen LogP contribution in [-0.4, -0.2) is 51.2 Å². The minimum atomic E-state index is -0.774. The summed E-state index contributed by atoms with van der Waals surface area (Å²) in [5, 5.41) is 12.2. The van der Waals surface area contributed by atoms with Crippen molar-refractivity contribution >= 4 is 5.91 Å². The Morgan fingerprint density at radius 1 is 1.37 bits per heavy atom. The van der Waals surface area contributed by atoms with Crippen LogP contribution in [0.5, 0.6) is 0 Å². The molecule has 1 fully saturated rings. The van der Waals surface area contributed by atoms with Crippen LogP contribution >= 0.6 is 0 Å². The minimum Gasteiger partial charge on any atom is -0.383 e. The lowest BCUT2D eigenvalue weighted by Crippen LogP contribution is -2.44. The molecule has 0 radical (unpaired) electrons. The third-order valence-electron chi connectivity index (χ3n) is 3.81. The number of carbonyl (C=O) groups excluding carboxylic acids is 1. The summed E-state index contributed by atoms with van der Waals surface area (Å²) in [5.41, 5.74) is -0.774. The van der Waals surface area contributed by atoms with Crippen LogP contribution in [0.15, 0.2) is 0 Å². The van der Waals surface area contributed by atoms with Gasteiger partial charge >= 0.3 is 0 Å². The van der Waals surface area contributed by atoms with E-state index < -0.39 is 5.41 Å². The summed E-state index contributed by atoms with van der Waals surface area (Å²) < 4.78 is 5.00. The Morgan fingerprint density at radius 3 is 2.63 bits per heavy atom. The molecule has 0 heterocycles. The number of nitrogens with zero attached hydrogens (tertiary/aromatic N) is 2. The van der Waals surface area contributed by atoms with Crippen molar-refractivity contribution in [2.24, 2.45) is 5.41 Å². The third-order valence-corrected chi connectivity index (χ3v) is 3.81. The number of rotatable bonds is 7. The summed E-state index contributed by atoms with van der Waals surface area (Å²) >= 11 is 0. The van der Waals surface area contributed by atoms with Crippen molar-refractivity contribution in [3.05, 3.63) is 0 Å². The lowest BCUT2D eigenvalue weighted by atomic mass is 9.74. The normalized spacial score (nSPS) is 18.0. The highest BCUT2D eigenvalue weighted by Crippen LogP contribution is 2.35. The Hall–Kier alpha value is -1.12. The standard InChI is InChI=1S/C14H25N3O2/c1-17(10-11-19-2)9-8-16-13(18)14(12-15)6-4-3-5-7-14/h3-11H2,1-2H3,(H,16,18). The Morgan fingerprint density at radius 2 is 2.05 bits per heavy atom. The van der Waals surface area contributed by atoms with Gasteiger partial charge in [0.25, 0.3) is 0 Å². The van der Waals surface area contributed by atoms with E-state index in [9.17, 15) is 10.1 Å². The Bertz CT molecular complexity index is 319. The molecule has 5 nitrogen and oxygen atoms in total. The predicted molar refractivity (Wildman–Crippen MR) is 73.5 cm³/mol. The van der Waals surface area contributed by atoms with E-state index in [1.165, 1.54) is 0 Å². The Labute approximate surface area is 115 Å². The van der Waals surface area contributed by atoms with E-state index in [1.807, 2.05) is 7.05 Å². The number of carbonyl (C=O) groups is 1. The molecular weight excluding hydrogens is 242 g/mol. The first kappa shape index (κ1) is 15.9. The molecule has 0 spiro atoms. The number of hydrogen-bond donors (Lipinski definition) is 1. The van der Waals surface area contributed by atoms with Crippen molar-refractivity contribution in [3.8, 4) is 6.07 Å². The summed E-state index contributed by atoms with van der Waals surface area (Å²) in [6.07, 6.45) is 4.50. The highest BCUT2D eigenvalue weighted by Gasteiger charge is 2.39. The SMILES string of the molecule is COCCN(C)CCNC(=O)C1(C#N)CCCCC1. The molecule has 0 atom stereocenters. The zero-order valence-electron chi connectivity index (χ0n) is 12.1. The second-order valence-electron chi connectivity index (χ2n) is 5.31. The van der Waals surface area contributed by atoms with E-state index >= 15 is 0 Å². The second kappa shape index (κ2) is 8.13. The summed E-state index contributed by atoms with van der Waals surface area (Å²) in [4.78, 5) is 14.3. The molecule has 0 unspecified atom stereocenters. The molecule has 0 aliphatic heterocycles. The molecule has 1 aliphatic carbocycles. The van der Waals surface area contributed by atoms with Crippen LogP contribution in [0.4, 0.5) is 0 Å². The minimum absolute atomic E-state index is 0.0881. The van der Waals surface area contributed by atoms with Crippen molar-refractivity contribution in [2.75, 3.05) is 40.4 Å². The lowest BCUT2D eigenvalue weighted by molar-refractivity contribution is -0.129. The zero-order valence-corrected chi connectivity index (χ0v) is 12.1. The fraction of sp³-hybridized carbons (Fsp3) is 0.857. The molecule has 1 aliphatic rings. The zero-order chi connectivity index (χ0) is 14.1. The summed E-state index contributed by atoms with van der Waals surface area (Å²) in [6.45, 7) is 2.89. The number of hydrogen-bond acceptors (Lipinski definition) is 4. The molecule has 1 N–H and O–H groups in total. The number of ether oxygens (including phenoxy) is 1. The molecule has 108 valence electrons. The largest absolute Gasteiger partial charge is 0.383 e. The molecule has 19 heavy (non-hydrogen) atoms. The van der Waals surface area contributed by atoms with Gasteiger partial charge in [0.15, 0.2) is 0 Å². The van der Waals surface area contributed by atoms with E-state index in [2.05, 4.69) is 16.3 Å². The van der Waals surface area contributed by atoms with Gasteiger partial charge < -0.3 is 15.0 Å². The van der Waals surface area contributed by atoms with Crippen molar-refractivity contribution in [1.29, 1.82) is 5.26 Å². The van der Waals surface area contributed by atoms with Gasteiger partial charge in [0.1, 0.15) is 5.41 Å². The number of nitriles is 1. The van der Waals surface area contributed by atoms with Crippen LogP contribution in [0.3, 0.4) is 0 Å². The van der Waals surface area contributed by atoms with Crippen LogP contribution in [0.25, 0.3) is 0 Å². The smallest absolute Gasteiger partial charge is 0.240 e. The van der Waals surface area contributed by atoms with Crippen LogP contribution in [0.1, 0.15) is 32.1 Å². The van der Waals surface area contributed by atoms with E-state index in [1.54, 1.807) is 7.11 Å². The molecule has 1 saturated carbocycles. The van der Waals surface area contributed by atoms with Gasteiger partial charge in [0.2, 0.25) is 5.91 Å². The average Bonchev–Trinajstić information content (AvgIpc) is 2.45. The maximum Gasteiger partial charge on any atom is 0.240 e. The van der Waals surface area contributed by atoms with Crippen LogP contribution in [0.2, 0.25) is 0 Å². The molecule has 0 aromatic rings. The molecule has 1 rings (SSSR count). The van der Waals surface area contributed by atoms with Crippen molar-refractivity contribution in [1.82, 2.24) is 10.2 Å². The van der Waals surface area contributed by atoms with Crippen LogP contribution in [0, 0.1) is 16.7 Å². The average molecular weight is 267 g/mol. The fourth-order valence-electron chi connectivity index (χ4n) is 2.43. The maximum atomic E-state index is 12.2. The van der Waals surface area contributed by atoms with Gasteiger partial charge in [-0.15, -0.1) is 0 Å². The molecule has 0 saturated heterocycles. The third kappa shape index (κ3) is 4.81. The van der Waals surface area contributed by atoms with Gasteiger partial charge in [-0.1, -0.05) is 19.3 Å². The van der Waals surface area contributed by atoms with E-state index in [-0.39, 0.29) is 5.91 Å². The van der Waals surface area contributed by atoms with E-state index in [4.69, 9.17) is 4.74 Å². The van der Waals surface area contributed by atoms with Gasteiger partial charge in [-0.25, -0.2) is 0 Å².